The molecule has 0 aliphatic carbocycles. The van der Waals surface area contributed by atoms with Crippen molar-refractivity contribution in [3.05, 3.63) is 35.9 Å². The summed E-state index contributed by atoms with van der Waals surface area (Å²) in [4.78, 5) is 10.9. The standard InChI is InChI=1S/C12H8O3/c13-6-9-5-8-3-1-2-4-10(8)12-11(9)14-7-15-12/h1-6H,7H2. The van der Waals surface area contributed by atoms with Crippen molar-refractivity contribution in [3.8, 4) is 11.5 Å². The normalized spacial score (nSPS) is 13.1. The smallest absolute Gasteiger partial charge is 0.231 e. The molecular weight excluding hydrogens is 192 g/mol. The molecule has 0 fully saturated rings. The molecule has 0 saturated carbocycles. The van der Waals surface area contributed by atoms with Gasteiger partial charge in [-0.05, 0) is 11.5 Å². The molecule has 15 heavy (non-hydrogen) atoms. The number of ether oxygens (including phenoxy) is 2. The van der Waals surface area contributed by atoms with E-state index < -0.39 is 0 Å². The highest BCUT2D eigenvalue weighted by atomic mass is 16.7. The lowest BCUT2D eigenvalue weighted by Gasteiger charge is -2.04. The molecule has 74 valence electrons. The molecule has 0 atom stereocenters. The Morgan fingerprint density at radius 1 is 1.13 bits per heavy atom. The van der Waals surface area contributed by atoms with Gasteiger partial charge in [-0.1, -0.05) is 24.3 Å². The van der Waals surface area contributed by atoms with E-state index in [1.807, 2.05) is 30.3 Å². The zero-order valence-corrected chi connectivity index (χ0v) is 7.90. The average Bonchev–Trinajstić information content (AvgIpc) is 2.77. The molecule has 1 aliphatic heterocycles. The van der Waals surface area contributed by atoms with E-state index >= 15 is 0 Å². The molecule has 0 aromatic heterocycles. The van der Waals surface area contributed by atoms with Crippen LogP contribution in [0.1, 0.15) is 10.4 Å². The Labute approximate surface area is 86.2 Å². The van der Waals surface area contributed by atoms with Crippen LogP contribution in [0.2, 0.25) is 0 Å². The van der Waals surface area contributed by atoms with Gasteiger partial charge in [0, 0.05) is 5.39 Å². The van der Waals surface area contributed by atoms with Gasteiger partial charge in [-0.15, -0.1) is 0 Å². The van der Waals surface area contributed by atoms with E-state index in [-0.39, 0.29) is 6.79 Å². The zero-order chi connectivity index (χ0) is 10.3. The second-order valence-corrected chi connectivity index (χ2v) is 3.37. The molecule has 1 aliphatic rings. The van der Waals surface area contributed by atoms with Gasteiger partial charge in [-0.3, -0.25) is 4.79 Å². The summed E-state index contributed by atoms with van der Waals surface area (Å²) in [6.45, 7) is 0.185. The molecule has 1 heterocycles. The Balaban J connectivity index is 2.45. The summed E-state index contributed by atoms with van der Waals surface area (Å²) in [5, 5.41) is 1.97. The highest BCUT2D eigenvalue weighted by Gasteiger charge is 2.20. The van der Waals surface area contributed by atoms with Crippen LogP contribution in [0.15, 0.2) is 30.3 Å². The third-order valence-electron chi connectivity index (χ3n) is 2.52. The third kappa shape index (κ3) is 1.09. The van der Waals surface area contributed by atoms with E-state index in [1.165, 1.54) is 0 Å². The minimum atomic E-state index is 0.185. The van der Waals surface area contributed by atoms with Gasteiger partial charge in [0.25, 0.3) is 0 Å². The summed E-state index contributed by atoms with van der Waals surface area (Å²) in [5.74, 6) is 1.24. The minimum absolute atomic E-state index is 0.185. The zero-order valence-electron chi connectivity index (χ0n) is 7.90. The van der Waals surface area contributed by atoms with Crippen LogP contribution >= 0.6 is 0 Å². The Morgan fingerprint density at radius 3 is 2.80 bits per heavy atom. The summed E-state index contributed by atoms with van der Waals surface area (Å²) >= 11 is 0. The number of hydrogen-bond donors (Lipinski definition) is 0. The van der Waals surface area contributed by atoms with Gasteiger partial charge in [0.15, 0.2) is 17.8 Å². The summed E-state index contributed by atoms with van der Waals surface area (Å²) in [7, 11) is 0. The van der Waals surface area contributed by atoms with Crippen molar-refractivity contribution in [1.29, 1.82) is 0 Å². The SMILES string of the molecule is O=Cc1cc2ccccc2c2c1OCO2. The molecule has 0 spiro atoms. The maximum absolute atomic E-state index is 10.9. The first kappa shape index (κ1) is 8.29. The van der Waals surface area contributed by atoms with Crippen LogP contribution in [-0.2, 0) is 0 Å². The molecule has 0 radical (unpaired) electrons. The second-order valence-electron chi connectivity index (χ2n) is 3.37. The summed E-state index contributed by atoms with van der Waals surface area (Å²) < 4.78 is 10.6. The van der Waals surface area contributed by atoms with E-state index in [9.17, 15) is 4.79 Å². The Hall–Kier alpha value is -2.03. The fourth-order valence-electron chi connectivity index (χ4n) is 1.84. The first-order valence-electron chi connectivity index (χ1n) is 4.66. The van der Waals surface area contributed by atoms with Gasteiger partial charge in [-0.2, -0.15) is 0 Å². The van der Waals surface area contributed by atoms with E-state index in [4.69, 9.17) is 9.47 Å². The molecule has 2 aromatic carbocycles. The van der Waals surface area contributed by atoms with Gasteiger partial charge >= 0.3 is 0 Å². The predicted molar refractivity (Wildman–Crippen MR) is 55.5 cm³/mol. The van der Waals surface area contributed by atoms with Crippen molar-refractivity contribution in [3.63, 3.8) is 0 Å². The van der Waals surface area contributed by atoms with Crippen LogP contribution in [0, 0.1) is 0 Å². The first-order chi connectivity index (χ1) is 7.40. The molecule has 0 unspecified atom stereocenters. The molecule has 0 amide bonds. The minimum Gasteiger partial charge on any atom is -0.453 e. The van der Waals surface area contributed by atoms with Crippen molar-refractivity contribution >= 4 is 17.1 Å². The Kier molecular flexibility index (Phi) is 1.65. The molecule has 3 nitrogen and oxygen atoms in total. The maximum atomic E-state index is 10.9. The van der Waals surface area contributed by atoms with Crippen molar-refractivity contribution in [1.82, 2.24) is 0 Å². The van der Waals surface area contributed by atoms with Crippen LogP contribution < -0.4 is 9.47 Å². The van der Waals surface area contributed by atoms with Gasteiger partial charge < -0.3 is 9.47 Å². The van der Waals surface area contributed by atoms with Gasteiger partial charge in [0.05, 0.1) is 5.56 Å². The number of rotatable bonds is 1. The monoisotopic (exact) mass is 200 g/mol. The van der Waals surface area contributed by atoms with Gasteiger partial charge in [0.1, 0.15) is 0 Å². The summed E-state index contributed by atoms with van der Waals surface area (Å²) in [5.41, 5.74) is 0.543. The topological polar surface area (TPSA) is 35.5 Å². The molecular formula is C12H8O3. The second kappa shape index (κ2) is 2.98. The quantitative estimate of drug-likeness (QED) is 0.663. The highest BCUT2D eigenvalue weighted by Crippen LogP contribution is 2.41. The number of carbonyl (C=O) groups is 1. The fraction of sp³-hybridized carbons (Fsp3) is 0.0833. The largest absolute Gasteiger partial charge is 0.453 e. The van der Waals surface area contributed by atoms with Crippen LogP contribution in [0.3, 0.4) is 0 Å². The fourth-order valence-corrected chi connectivity index (χ4v) is 1.84. The number of carbonyl (C=O) groups excluding carboxylic acids is 1. The van der Waals surface area contributed by atoms with Crippen LogP contribution in [0.4, 0.5) is 0 Å². The highest BCUT2D eigenvalue weighted by molar-refractivity contribution is 5.98. The molecule has 0 saturated heterocycles. The van der Waals surface area contributed by atoms with E-state index in [0.29, 0.717) is 17.1 Å². The molecule has 2 aromatic rings. The Bertz CT molecular complexity index is 546. The number of hydrogen-bond acceptors (Lipinski definition) is 3. The lowest BCUT2D eigenvalue weighted by Crippen LogP contribution is -1.94. The van der Waals surface area contributed by atoms with Crippen LogP contribution in [0.5, 0.6) is 11.5 Å². The van der Waals surface area contributed by atoms with E-state index in [1.54, 1.807) is 0 Å². The van der Waals surface area contributed by atoms with Crippen LogP contribution in [0.25, 0.3) is 10.8 Å². The maximum Gasteiger partial charge on any atom is 0.231 e. The number of fused-ring (bicyclic) bond motifs is 3. The van der Waals surface area contributed by atoms with E-state index in [2.05, 4.69) is 0 Å². The summed E-state index contributed by atoms with van der Waals surface area (Å²) in [6.07, 6.45) is 0.792. The average molecular weight is 200 g/mol. The van der Waals surface area contributed by atoms with Crippen molar-refractivity contribution in [2.75, 3.05) is 6.79 Å². The van der Waals surface area contributed by atoms with Crippen molar-refractivity contribution < 1.29 is 14.3 Å². The number of aldehydes is 1. The molecule has 0 N–H and O–H groups in total. The van der Waals surface area contributed by atoms with Crippen LogP contribution in [-0.4, -0.2) is 13.1 Å². The number of benzene rings is 2. The summed E-state index contributed by atoms with van der Waals surface area (Å²) in [6, 6.07) is 9.58. The van der Waals surface area contributed by atoms with E-state index in [0.717, 1.165) is 17.1 Å². The van der Waals surface area contributed by atoms with Gasteiger partial charge in [0.2, 0.25) is 6.79 Å². The lowest BCUT2D eigenvalue weighted by molar-refractivity contribution is 0.111. The van der Waals surface area contributed by atoms with Crippen molar-refractivity contribution in [2.45, 2.75) is 0 Å². The lowest BCUT2D eigenvalue weighted by atomic mass is 10.1. The van der Waals surface area contributed by atoms with Gasteiger partial charge in [-0.25, -0.2) is 0 Å². The van der Waals surface area contributed by atoms with Crippen molar-refractivity contribution in [2.24, 2.45) is 0 Å². The Morgan fingerprint density at radius 2 is 1.93 bits per heavy atom. The predicted octanol–water partition coefficient (Wildman–Crippen LogP) is 2.38. The molecule has 0 bridgehead atoms. The molecule has 3 rings (SSSR count). The first-order valence-corrected chi connectivity index (χ1v) is 4.66. The molecule has 3 heteroatoms. The third-order valence-corrected chi connectivity index (χ3v) is 2.52.